The Kier molecular flexibility index (Phi) is 5.90. The van der Waals surface area contributed by atoms with Gasteiger partial charge < -0.3 is 10.0 Å². The van der Waals surface area contributed by atoms with Crippen molar-refractivity contribution in [3.8, 4) is 5.75 Å². The third-order valence-corrected chi connectivity index (χ3v) is 6.34. The molecule has 1 saturated heterocycles. The van der Waals surface area contributed by atoms with Crippen molar-refractivity contribution in [2.24, 2.45) is 5.10 Å². The fourth-order valence-corrected chi connectivity index (χ4v) is 4.25. The van der Waals surface area contributed by atoms with Gasteiger partial charge in [0.1, 0.15) is 5.75 Å². The lowest BCUT2D eigenvalue weighted by molar-refractivity contribution is 0.0955. The molecule has 7 nitrogen and oxygen atoms in total. The summed E-state index contributed by atoms with van der Waals surface area (Å²) in [6, 6.07) is 11.5. The normalized spacial score (nSPS) is 16.6. The van der Waals surface area contributed by atoms with Crippen LogP contribution in [-0.2, 0) is 9.84 Å². The number of rotatable bonds is 4. The standard InChI is InChI=1S/C19H20ClN3O4S/c1-13(17-12-15(20)5-6-18(17)24)21-22-19(25)14-3-2-4-16(11-14)23-7-9-28(26,27)10-8-23/h2-6,11-12,24H,7-10H2,1H3,(H,22,25)/b21-13+. The molecule has 0 atom stereocenters. The molecule has 0 aliphatic carbocycles. The van der Waals surface area contributed by atoms with Crippen LogP contribution in [-0.4, -0.2) is 49.7 Å². The summed E-state index contributed by atoms with van der Waals surface area (Å²) in [6.07, 6.45) is 0. The molecule has 0 spiro atoms. The lowest BCUT2D eigenvalue weighted by Gasteiger charge is -2.28. The molecule has 2 aromatic carbocycles. The van der Waals surface area contributed by atoms with Gasteiger partial charge in [-0.2, -0.15) is 5.10 Å². The molecule has 148 valence electrons. The number of aromatic hydroxyl groups is 1. The van der Waals surface area contributed by atoms with Crippen molar-refractivity contribution in [2.45, 2.75) is 6.92 Å². The summed E-state index contributed by atoms with van der Waals surface area (Å²) in [5.74, 6) is -0.180. The highest BCUT2D eigenvalue weighted by Crippen LogP contribution is 2.22. The Bertz CT molecular complexity index is 1020. The summed E-state index contributed by atoms with van der Waals surface area (Å²) >= 11 is 5.93. The van der Waals surface area contributed by atoms with Crippen LogP contribution in [0.15, 0.2) is 47.6 Å². The summed E-state index contributed by atoms with van der Waals surface area (Å²) in [4.78, 5) is 14.4. The number of phenols is 1. The minimum Gasteiger partial charge on any atom is -0.507 e. The first-order valence-corrected chi connectivity index (χ1v) is 10.8. The summed E-state index contributed by atoms with van der Waals surface area (Å²) in [6.45, 7) is 2.45. The molecule has 1 fully saturated rings. The van der Waals surface area contributed by atoms with Crippen LogP contribution in [0.2, 0.25) is 5.02 Å². The first-order chi connectivity index (χ1) is 13.2. The van der Waals surface area contributed by atoms with Crippen LogP contribution >= 0.6 is 11.6 Å². The van der Waals surface area contributed by atoms with Crippen molar-refractivity contribution in [3.63, 3.8) is 0 Å². The topological polar surface area (TPSA) is 99.1 Å². The number of phenolic OH excluding ortho intramolecular Hbond substituents is 1. The number of anilines is 1. The van der Waals surface area contributed by atoms with Crippen LogP contribution in [0.3, 0.4) is 0 Å². The lowest BCUT2D eigenvalue weighted by atomic mass is 10.1. The molecule has 0 unspecified atom stereocenters. The predicted molar refractivity (Wildman–Crippen MR) is 110 cm³/mol. The number of halogens is 1. The van der Waals surface area contributed by atoms with Crippen LogP contribution in [0.4, 0.5) is 5.69 Å². The Morgan fingerprint density at radius 2 is 1.89 bits per heavy atom. The van der Waals surface area contributed by atoms with Crippen LogP contribution in [0.1, 0.15) is 22.8 Å². The quantitative estimate of drug-likeness (QED) is 0.583. The average Bonchev–Trinajstić information content (AvgIpc) is 2.67. The number of benzene rings is 2. The van der Waals surface area contributed by atoms with E-state index in [2.05, 4.69) is 10.5 Å². The molecule has 1 aliphatic heterocycles. The molecule has 3 rings (SSSR count). The van der Waals surface area contributed by atoms with E-state index in [0.29, 0.717) is 35.0 Å². The van der Waals surface area contributed by atoms with Crippen molar-refractivity contribution in [1.82, 2.24) is 5.43 Å². The third-order valence-electron chi connectivity index (χ3n) is 4.49. The van der Waals surface area contributed by atoms with E-state index in [4.69, 9.17) is 11.6 Å². The number of carbonyl (C=O) groups excluding carboxylic acids is 1. The number of hydrazone groups is 1. The zero-order valence-corrected chi connectivity index (χ0v) is 16.8. The molecule has 28 heavy (non-hydrogen) atoms. The first kappa shape index (κ1) is 20.2. The summed E-state index contributed by atoms with van der Waals surface area (Å²) in [5, 5.41) is 14.4. The maximum Gasteiger partial charge on any atom is 0.271 e. The van der Waals surface area contributed by atoms with Gasteiger partial charge in [-0.15, -0.1) is 0 Å². The van der Waals surface area contributed by atoms with Gasteiger partial charge in [0.25, 0.3) is 5.91 Å². The van der Waals surface area contributed by atoms with Gasteiger partial charge in [0, 0.05) is 34.9 Å². The molecular formula is C19H20ClN3O4S. The fraction of sp³-hybridized carbons (Fsp3) is 0.263. The van der Waals surface area contributed by atoms with Gasteiger partial charge in [0.2, 0.25) is 0 Å². The maximum absolute atomic E-state index is 12.4. The maximum atomic E-state index is 12.4. The van der Waals surface area contributed by atoms with E-state index in [1.165, 1.54) is 6.07 Å². The minimum atomic E-state index is -2.97. The van der Waals surface area contributed by atoms with Crippen LogP contribution in [0.5, 0.6) is 5.75 Å². The van der Waals surface area contributed by atoms with E-state index >= 15 is 0 Å². The lowest BCUT2D eigenvalue weighted by Crippen LogP contribution is -2.40. The zero-order chi connectivity index (χ0) is 20.3. The molecule has 1 amide bonds. The van der Waals surface area contributed by atoms with E-state index in [0.717, 1.165) is 5.69 Å². The van der Waals surface area contributed by atoms with Gasteiger partial charge in [-0.25, -0.2) is 13.8 Å². The molecule has 0 saturated carbocycles. The molecule has 1 heterocycles. The smallest absolute Gasteiger partial charge is 0.271 e. The second-order valence-electron chi connectivity index (χ2n) is 6.49. The highest BCUT2D eigenvalue weighted by atomic mass is 35.5. The van der Waals surface area contributed by atoms with Crippen molar-refractivity contribution in [3.05, 3.63) is 58.6 Å². The number of hydrogen-bond donors (Lipinski definition) is 2. The van der Waals surface area contributed by atoms with Crippen molar-refractivity contribution < 1.29 is 18.3 Å². The molecule has 1 aliphatic rings. The highest BCUT2D eigenvalue weighted by Gasteiger charge is 2.22. The second-order valence-corrected chi connectivity index (χ2v) is 9.23. The Hall–Kier alpha value is -2.58. The SMILES string of the molecule is C/C(=N\NC(=O)c1cccc(N2CCS(=O)(=O)CC2)c1)c1cc(Cl)ccc1O. The monoisotopic (exact) mass is 421 g/mol. The van der Waals surface area contributed by atoms with E-state index in [1.54, 1.807) is 37.3 Å². The molecular weight excluding hydrogens is 402 g/mol. The number of sulfone groups is 1. The summed E-state index contributed by atoms with van der Waals surface area (Å²) < 4.78 is 23.2. The van der Waals surface area contributed by atoms with E-state index in [9.17, 15) is 18.3 Å². The number of amides is 1. The van der Waals surface area contributed by atoms with Crippen LogP contribution < -0.4 is 10.3 Å². The Balaban J connectivity index is 1.72. The summed E-state index contributed by atoms with van der Waals surface area (Å²) in [7, 11) is -2.97. The van der Waals surface area contributed by atoms with Crippen LogP contribution in [0, 0.1) is 0 Å². The predicted octanol–water partition coefficient (Wildman–Crippen LogP) is 2.43. The number of hydrogen-bond acceptors (Lipinski definition) is 6. The van der Waals surface area contributed by atoms with E-state index in [1.807, 2.05) is 11.0 Å². The molecule has 2 N–H and O–H groups in total. The fourth-order valence-electron chi connectivity index (χ4n) is 2.87. The highest BCUT2D eigenvalue weighted by molar-refractivity contribution is 7.91. The van der Waals surface area contributed by atoms with Crippen molar-refractivity contribution >= 4 is 38.7 Å². The number of nitrogens with one attached hydrogen (secondary N) is 1. The van der Waals surface area contributed by atoms with E-state index in [-0.39, 0.29) is 17.3 Å². The van der Waals surface area contributed by atoms with Gasteiger partial charge >= 0.3 is 0 Å². The van der Waals surface area contributed by atoms with Crippen molar-refractivity contribution in [2.75, 3.05) is 29.5 Å². The molecule has 0 radical (unpaired) electrons. The zero-order valence-electron chi connectivity index (χ0n) is 15.2. The van der Waals surface area contributed by atoms with Gasteiger partial charge in [-0.05, 0) is 43.3 Å². The van der Waals surface area contributed by atoms with Crippen LogP contribution in [0.25, 0.3) is 0 Å². The van der Waals surface area contributed by atoms with Gasteiger partial charge in [0.05, 0.1) is 17.2 Å². The first-order valence-electron chi connectivity index (χ1n) is 8.64. The van der Waals surface area contributed by atoms with Gasteiger partial charge in [0.15, 0.2) is 9.84 Å². The largest absolute Gasteiger partial charge is 0.507 e. The van der Waals surface area contributed by atoms with Gasteiger partial charge in [-0.1, -0.05) is 17.7 Å². The molecule has 0 bridgehead atoms. The van der Waals surface area contributed by atoms with Crippen molar-refractivity contribution in [1.29, 1.82) is 0 Å². The molecule has 2 aromatic rings. The van der Waals surface area contributed by atoms with Gasteiger partial charge in [-0.3, -0.25) is 4.79 Å². The minimum absolute atomic E-state index is 0.0157. The Morgan fingerprint density at radius 3 is 2.61 bits per heavy atom. The second kappa shape index (κ2) is 8.20. The number of nitrogens with zero attached hydrogens (tertiary/aromatic N) is 2. The molecule has 0 aromatic heterocycles. The van der Waals surface area contributed by atoms with E-state index < -0.39 is 15.7 Å². The summed E-state index contributed by atoms with van der Waals surface area (Å²) in [5.41, 5.74) is 4.49. The third kappa shape index (κ3) is 4.82. The number of carbonyl (C=O) groups is 1. The Labute approximate surface area is 168 Å². The molecule has 9 heteroatoms. The average molecular weight is 422 g/mol. The Morgan fingerprint density at radius 1 is 1.18 bits per heavy atom.